The molecular formula is C25H21BrFN3O5. The first-order valence-electron chi connectivity index (χ1n) is 11.0. The van der Waals surface area contributed by atoms with Gasteiger partial charge in [0.1, 0.15) is 5.82 Å². The number of anilines is 1. The molecule has 1 heterocycles. The number of nitrogens with zero attached hydrogens (tertiary/aromatic N) is 2. The Balaban J connectivity index is 1.27. The van der Waals surface area contributed by atoms with Crippen LogP contribution in [0.25, 0.3) is 0 Å². The highest BCUT2D eigenvalue weighted by atomic mass is 79.9. The highest BCUT2D eigenvalue weighted by Crippen LogP contribution is 2.52. The van der Waals surface area contributed by atoms with E-state index in [1.807, 2.05) is 12.2 Å². The molecule has 8 nitrogen and oxygen atoms in total. The molecule has 3 aliphatic rings. The SMILES string of the molecule is COc1cc(C=NN2C(=O)[C@@H]3[C@H](C2=O)[C@H]2C=C[C@H]3C2)c(Br)cc1OCC(=O)Nc1ccccc1F. The van der Waals surface area contributed by atoms with E-state index in [0.29, 0.717) is 15.8 Å². The molecule has 2 aliphatic carbocycles. The summed E-state index contributed by atoms with van der Waals surface area (Å²) >= 11 is 3.42. The van der Waals surface area contributed by atoms with Crippen LogP contribution in [0.5, 0.6) is 11.5 Å². The fourth-order valence-corrected chi connectivity index (χ4v) is 5.36. The minimum Gasteiger partial charge on any atom is -0.493 e. The van der Waals surface area contributed by atoms with E-state index in [-0.39, 0.29) is 53.5 Å². The molecule has 1 N–H and O–H groups in total. The Labute approximate surface area is 208 Å². The molecule has 2 aromatic carbocycles. The predicted octanol–water partition coefficient (Wildman–Crippen LogP) is 3.76. The normalized spacial score (nSPS) is 24.4. The van der Waals surface area contributed by atoms with Gasteiger partial charge >= 0.3 is 0 Å². The maximum absolute atomic E-state index is 13.7. The Kier molecular flexibility index (Phi) is 6.14. The van der Waals surface area contributed by atoms with Crippen molar-refractivity contribution in [3.63, 3.8) is 0 Å². The average Bonchev–Trinajstić information content (AvgIpc) is 3.53. The number of hydrogen-bond donors (Lipinski definition) is 1. The van der Waals surface area contributed by atoms with Gasteiger partial charge in [-0.15, -0.1) is 0 Å². The second kappa shape index (κ2) is 9.26. The lowest BCUT2D eigenvalue weighted by Gasteiger charge is -2.14. The zero-order valence-corrected chi connectivity index (χ0v) is 20.2. The Morgan fingerprint density at radius 2 is 1.86 bits per heavy atom. The van der Waals surface area contributed by atoms with Crippen LogP contribution in [0.2, 0.25) is 0 Å². The third kappa shape index (κ3) is 4.22. The number of ether oxygens (including phenoxy) is 2. The van der Waals surface area contributed by atoms with E-state index in [9.17, 15) is 18.8 Å². The van der Waals surface area contributed by atoms with E-state index < -0.39 is 11.7 Å². The number of amides is 3. The van der Waals surface area contributed by atoms with Crippen molar-refractivity contribution in [2.75, 3.05) is 19.0 Å². The number of benzene rings is 2. The summed E-state index contributed by atoms with van der Waals surface area (Å²) in [6.07, 6.45) is 6.32. The molecule has 3 amide bonds. The maximum Gasteiger partial charge on any atom is 0.262 e. The number of methoxy groups -OCH3 is 1. The molecule has 0 aromatic heterocycles. The van der Waals surface area contributed by atoms with Crippen molar-refractivity contribution in [3.05, 3.63) is 64.4 Å². The quantitative estimate of drug-likeness (QED) is 0.327. The highest BCUT2D eigenvalue weighted by Gasteiger charge is 2.59. The van der Waals surface area contributed by atoms with Gasteiger partial charge < -0.3 is 14.8 Å². The number of hydrazone groups is 1. The van der Waals surface area contributed by atoms with Crippen molar-refractivity contribution in [3.8, 4) is 11.5 Å². The van der Waals surface area contributed by atoms with Gasteiger partial charge in [-0.05, 0) is 58.5 Å². The number of fused-ring (bicyclic) bond motifs is 5. The second-order valence-electron chi connectivity index (χ2n) is 8.57. The topological polar surface area (TPSA) is 97.3 Å². The fourth-order valence-electron chi connectivity index (χ4n) is 4.93. The summed E-state index contributed by atoms with van der Waals surface area (Å²) in [7, 11) is 1.44. The number of rotatable bonds is 7. The maximum atomic E-state index is 13.7. The van der Waals surface area contributed by atoms with Crippen LogP contribution in [-0.4, -0.2) is 42.7 Å². The first-order chi connectivity index (χ1) is 16.9. The Morgan fingerprint density at radius 3 is 2.51 bits per heavy atom. The van der Waals surface area contributed by atoms with Gasteiger partial charge in [-0.1, -0.05) is 24.3 Å². The average molecular weight is 542 g/mol. The molecule has 35 heavy (non-hydrogen) atoms. The minimum absolute atomic E-state index is 0.0553. The smallest absolute Gasteiger partial charge is 0.262 e. The largest absolute Gasteiger partial charge is 0.493 e. The zero-order valence-electron chi connectivity index (χ0n) is 18.6. The van der Waals surface area contributed by atoms with Crippen LogP contribution in [0.4, 0.5) is 10.1 Å². The molecule has 2 aromatic rings. The molecule has 0 radical (unpaired) electrons. The lowest BCUT2D eigenvalue weighted by molar-refractivity contribution is -0.140. The molecule has 1 aliphatic heterocycles. The van der Waals surface area contributed by atoms with Crippen LogP contribution >= 0.6 is 15.9 Å². The Hall–Kier alpha value is -3.53. The van der Waals surface area contributed by atoms with Gasteiger partial charge in [0.25, 0.3) is 17.7 Å². The number of nitrogens with one attached hydrogen (secondary N) is 1. The van der Waals surface area contributed by atoms with Gasteiger partial charge in [-0.25, -0.2) is 4.39 Å². The summed E-state index contributed by atoms with van der Waals surface area (Å²) in [5.74, 6) is -1.46. The van der Waals surface area contributed by atoms with Gasteiger partial charge in [-0.2, -0.15) is 10.1 Å². The summed E-state index contributed by atoms with van der Waals surface area (Å²) in [6, 6.07) is 9.02. The summed E-state index contributed by atoms with van der Waals surface area (Å²) < 4.78 is 25.2. The summed E-state index contributed by atoms with van der Waals surface area (Å²) in [4.78, 5) is 37.8. The van der Waals surface area contributed by atoms with Crippen molar-refractivity contribution >= 4 is 45.6 Å². The molecule has 180 valence electrons. The molecule has 5 rings (SSSR count). The van der Waals surface area contributed by atoms with E-state index in [4.69, 9.17) is 9.47 Å². The monoisotopic (exact) mass is 541 g/mol. The van der Waals surface area contributed by atoms with E-state index in [1.165, 1.54) is 31.5 Å². The van der Waals surface area contributed by atoms with Crippen LogP contribution in [-0.2, 0) is 14.4 Å². The van der Waals surface area contributed by atoms with Gasteiger partial charge in [-0.3, -0.25) is 14.4 Å². The van der Waals surface area contributed by atoms with Crippen molar-refractivity contribution in [1.82, 2.24) is 5.01 Å². The van der Waals surface area contributed by atoms with Crippen LogP contribution in [0.15, 0.2) is 58.1 Å². The molecule has 1 saturated heterocycles. The molecular weight excluding hydrogens is 521 g/mol. The molecule has 0 spiro atoms. The molecule has 4 atom stereocenters. The summed E-state index contributed by atoms with van der Waals surface area (Å²) in [5, 5.41) is 7.60. The lowest BCUT2D eigenvalue weighted by atomic mass is 9.85. The van der Waals surface area contributed by atoms with Crippen LogP contribution in [0, 0.1) is 29.5 Å². The Morgan fingerprint density at radius 1 is 1.17 bits per heavy atom. The van der Waals surface area contributed by atoms with Crippen LogP contribution in [0.1, 0.15) is 12.0 Å². The summed E-state index contributed by atoms with van der Waals surface area (Å²) in [5.41, 5.74) is 0.600. The van der Waals surface area contributed by atoms with Crippen molar-refractivity contribution in [1.29, 1.82) is 0 Å². The molecule has 2 fully saturated rings. The molecule has 0 unspecified atom stereocenters. The molecule has 2 bridgehead atoms. The third-order valence-corrected chi connectivity index (χ3v) is 7.24. The number of para-hydroxylation sites is 1. The van der Waals surface area contributed by atoms with Crippen LogP contribution in [0.3, 0.4) is 0 Å². The number of allylic oxidation sites excluding steroid dienone is 2. The van der Waals surface area contributed by atoms with Gasteiger partial charge in [0.2, 0.25) is 0 Å². The fraction of sp³-hybridized carbons (Fsp3) is 0.280. The number of halogens is 2. The van der Waals surface area contributed by atoms with Crippen molar-refractivity contribution in [2.45, 2.75) is 6.42 Å². The number of carbonyl (C=O) groups is 3. The van der Waals surface area contributed by atoms with E-state index in [2.05, 4.69) is 26.3 Å². The second-order valence-corrected chi connectivity index (χ2v) is 9.43. The van der Waals surface area contributed by atoms with Crippen LogP contribution < -0.4 is 14.8 Å². The van der Waals surface area contributed by atoms with Gasteiger partial charge in [0.15, 0.2) is 18.1 Å². The molecule has 10 heteroatoms. The Bertz CT molecular complexity index is 1250. The van der Waals surface area contributed by atoms with E-state index >= 15 is 0 Å². The van der Waals surface area contributed by atoms with Gasteiger partial charge in [0.05, 0.1) is 30.8 Å². The number of carbonyl (C=O) groups excluding carboxylic acids is 3. The van der Waals surface area contributed by atoms with Crippen molar-refractivity contribution < 1.29 is 28.2 Å². The lowest BCUT2D eigenvalue weighted by Crippen LogP contribution is -2.28. The first kappa shape index (κ1) is 23.2. The van der Waals surface area contributed by atoms with E-state index in [0.717, 1.165) is 11.4 Å². The number of hydrogen-bond acceptors (Lipinski definition) is 6. The first-order valence-corrected chi connectivity index (χ1v) is 11.8. The number of imide groups is 1. The third-order valence-electron chi connectivity index (χ3n) is 6.55. The molecule has 1 saturated carbocycles. The zero-order chi connectivity index (χ0) is 24.7. The summed E-state index contributed by atoms with van der Waals surface area (Å²) in [6.45, 7) is -0.375. The standard InChI is InChI=1S/C25H21BrFN3O5/c1-34-19-9-15(11-28-30-24(32)22-13-6-7-14(8-13)23(22)25(30)33)16(26)10-20(19)35-12-21(31)29-18-5-3-2-4-17(18)27/h2-7,9-11,13-14,22-23H,8,12H2,1H3,(H,29,31)/t13-,14-,22-,23+/m0/s1. The highest BCUT2D eigenvalue weighted by molar-refractivity contribution is 9.10. The predicted molar refractivity (Wildman–Crippen MR) is 128 cm³/mol. The van der Waals surface area contributed by atoms with Crippen molar-refractivity contribution in [2.24, 2.45) is 28.8 Å². The van der Waals surface area contributed by atoms with E-state index in [1.54, 1.807) is 18.2 Å². The minimum atomic E-state index is -0.549. The van der Waals surface area contributed by atoms with Gasteiger partial charge in [0, 0.05) is 10.0 Å².